The molecule has 0 bridgehead atoms. The summed E-state index contributed by atoms with van der Waals surface area (Å²) >= 11 is 0. The molecule has 88 valence electrons. The van der Waals surface area contributed by atoms with Crippen molar-refractivity contribution in [1.82, 2.24) is 10.3 Å². The fourth-order valence-electron chi connectivity index (χ4n) is 2.12. The third-order valence-corrected chi connectivity index (χ3v) is 2.94. The molecule has 2 nitrogen and oxygen atoms in total. The van der Waals surface area contributed by atoms with Crippen molar-refractivity contribution in [3.05, 3.63) is 29.6 Å². The summed E-state index contributed by atoms with van der Waals surface area (Å²) in [6.45, 7) is 1.55. The van der Waals surface area contributed by atoms with Crippen molar-refractivity contribution in [1.29, 1.82) is 0 Å². The van der Waals surface area contributed by atoms with Gasteiger partial charge in [0.15, 0.2) is 0 Å². The lowest BCUT2D eigenvalue weighted by molar-refractivity contribution is -0.138. The van der Waals surface area contributed by atoms with Crippen LogP contribution in [0.2, 0.25) is 0 Å². The maximum atomic E-state index is 12.8. The summed E-state index contributed by atoms with van der Waals surface area (Å²) in [6, 6.07) is 1.07. The van der Waals surface area contributed by atoms with Crippen molar-refractivity contribution in [2.75, 3.05) is 13.1 Å². The van der Waals surface area contributed by atoms with Gasteiger partial charge in [-0.1, -0.05) is 0 Å². The minimum Gasteiger partial charge on any atom is -0.317 e. The molecule has 0 saturated carbocycles. The van der Waals surface area contributed by atoms with Crippen molar-refractivity contribution in [3.63, 3.8) is 0 Å². The summed E-state index contributed by atoms with van der Waals surface area (Å²) in [5.41, 5.74) is -0.189. The molecule has 0 aromatic carbocycles. The molecule has 0 spiro atoms. The van der Waals surface area contributed by atoms with Crippen LogP contribution in [0.4, 0.5) is 13.2 Å². The standard InChI is InChI=1S/C11H13F3N2/c12-11(13,14)10-3-6-16-7-9(10)8-1-4-15-5-2-8/h3,6-8,15H,1-2,4-5H2. The van der Waals surface area contributed by atoms with E-state index in [1.807, 2.05) is 0 Å². The second-order valence-electron chi connectivity index (χ2n) is 3.98. The van der Waals surface area contributed by atoms with E-state index >= 15 is 0 Å². The summed E-state index contributed by atoms with van der Waals surface area (Å²) in [5.74, 6) is -0.0217. The highest BCUT2D eigenvalue weighted by Crippen LogP contribution is 2.37. The number of hydrogen-bond acceptors (Lipinski definition) is 2. The number of halogens is 3. The van der Waals surface area contributed by atoms with E-state index in [1.165, 1.54) is 12.4 Å². The summed E-state index contributed by atoms with van der Waals surface area (Å²) in [6.07, 6.45) is -0.223. The van der Waals surface area contributed by atoms with Crippen LogP contribution in [0.15, 0.2) is 18.5 Å². The van der Waals surface area contributed by atoms with Gasteiger partial charge in [0.25, 0.3) is 0 Å². The molecule has 2 rings (SSSR count). The molecule has 1 aromatic heterocycles. The number of nitrogens with one attached hydrogen (secondary N) is 1. The van der Waals surface area contributed by atoms with Crippen molar-refractivity contribution >= 4 is 0 Å². The van der Waals surface area contributed by atoms with E-state index in [9.17, 15) is 13.2 Å². The van der Waals surface area contributed by atoms with E-state index < -0.39 is 11.7 Å². The Hall–Kier alpha value is -1.10. The molecule has 1 aromatic rings. The summed E-state index contributed by atoms with van der Waals surface area (Å²) in [4.78, 5) is 3.81. The molecule has 0 aliphatic carbocycles. The first-order valence-corrected chi connectivity index (χ1v) is 5.31. The molecular weight excluding hydrogens is 217 g/mol. The van der Waals surface area contributed by atoms with Gasteiger partial charge in [-0.05, 0) is 43.5 Å². The monoisotopic (exact) mass is 230 g/mol. The molecule has 1 saturated heterocycles. The first kappa shape index (κ1) is 11.4. The Labute approximate surface area is 91.9 Å². The smallest absolute Gasteiger partial charge is 0.317 e. The Balaban J connectivity index is 2.32. The van der Waals surface area contributed by atoms with Crippen LogP contribution >= 0.6 is 0 Å². The predicted molar refractivity (Wildman–Crippen MR) is 54.1 cm³/mol. The highest BCUT2D eigenvalue weighted by Gasteiger charge is 2.35. The second kappa shape index (κ2) is 4.41. The number of pyridine rings is 1. The number of alkyl halides is 3. The van der Waals surface area contributed by atoms with Crippen molar-refractivity contribution in [3.8, 4) is 0 Å². The predicted octanol–water partition coefficient (Wildman–Crippen LogP) is 2.57. The fraction of sp³-hybridized carbons (Fsp3) is 0.545. The van der Waals surface area contributed by atoms with E-state index in [4.69, 9.17) is 0 Å². The second-order valence-corrected chi connectivity index (χ2v) is 3.98. The quantitative estimate of drug-likeness (QED) is 0.802. The molecule has 1 aliphatic rings. The van der Waals surface area contributed by atoms with Crippen LogP contribution in [0, 0.1) is 0 Å². The zero-order valence-electron chi connectivity index (χ0n) is 8.72. The van der Waals surface area contributed by atoms with Gasteiger partial charge in [0.05, 0.1) is 5.56 Å². The van der Waals surface area contributed by atoms with Crippen LogP contribution in [0.3, 0.4) is 0 Å². The van der Waals surface area contributed by atoms with Crippen molar-refractivity contribution < 1.29 is 13.2 Å². The fourth-order valence-corrected chi connectivity index (χ4v) is 2.12. The van der Waals surface area contributed by atoms with Gasteiger partial charge in [-0.3, -0.25) is 4.98 Å². The first-order valence-electron chi connectivity index (χ1n) is 5.31. The van der Waals surface area contributed by atoms with Crippen LogP contribution in [0.1, 0.15) is 29.9 Å². The van der Waals surface area contributed by atoms with Crippen LogP contribution in [-0.2, 0) is 6.18 Å². The van der Waals surface area contributed by atoms with Gasteiger partial charge in [0.1, 0.15) is 0 Å². The van der Waals surface area contributed by atoms with Gasteiger partial charge in [0, 0.05) is 12.4 Å². The Morgan fingerprint density at radius 3 is 2.56 bits per heavy atom. The molecule has 0 amide bonds. The third-order valence-electron chi connectivity index (χ3n) is 2.94. The first-order chi connectivity index (χ1) is 7.59. The van der Waals surface area contributed by atoms with Crippen LogP contribution < -0.4 is 5.32 Å². The molecule has 0 atom stereocenters. The molecule has 0 radical (unpaired) electrons. The third kappa shape index (κ3) is 2.35. The average Bonchev–Trinajstić information content (AvgIpc) is 2.29. The molecule has 1 fully saturated rings. The molecule has 5 heteroatoms. The van der Waals surface area contributed by atoms with E-state index in [1.54, 1.807) is 0 Å². The summed E-state index contributed by atoms with van der Waals surface area (Å²) in [7, 11) is 0. The van der Waals surface area contributed by atoms with Gasteiger partial charge in [0.2, 0.25) is 0 Å². The SMILES string of the molecule is FC(F)(F)c1ccncc1C1CCNCC1. The van der Waals surface area contributed by atoms with Gasteiger partial charge in [-0.2, -0.15) is 13.2 Å². The molecular formula is C11H13F3N2. The maximum absolute atomic E-state index is 12.8. The molecule has 1 N–H and O–H groups in total. The van der Waals surface area contributed by atoms with Crippen molar-refractivity contribution in [2.24, 2.45) is 0 Å². The normalized spacial score (nSPS) is 18.7. The van der Waals surface area contributed by atoms with E-state index in [0.29, 0.717) is 5.56 Å². The Morgan fingerprint density at radius 2 is 1.94 bits per heavy atom. The number of aromatic nitrogens is 1. The van der Waals surface area contributed by atoms with Gasteiger partial charge in [-0.15, -0.1) is 0 Å². The van der Waals surface area contributed by atoms with E-state index in [2.05, 4.69) is 10.3 Å². The maximum Gasteiger partial charge on any atom is 0.416 e. The highest BCUT2D eigenvalue weighted by atomic mass is 19.4. The Bertz CT molecular complexity index is 356. The molecule has 16 heavy (non-hydrogen) atoms. The lowest BCUT2D eigenvalue weighted by Gasteiger charge is -2.25. The minimum absolute atomic E-state index is 0.0217. The largest absolute Gasteiger partial charge is 0.416 e. The topological polar surface area (TPSA) is 24.9 Å². The lowest BCUT2D eigenvalue weighted by atomic mass is 9.88. The van der Waals surface area contributed by atoms with Crippen molar-refractivity contribution in [2.45, 2.75) is 24.9 Å². The number of hydrogen-bond donors (Lipinski definition) is 1. The molecule has 2 heterocycles. The van der Waals surface area contributed by atoms with Gasteiger partial charge in [-0.25, -0.2) is 0 Å². The Morgan fingerprint density at radius 1 is 1.25 bits per heavy atom. The van der Waals surface area contributed by atoms with Gasteiger partial charge >= 0.3 is 6.18 Å². The minimum atomic E-state index is -4.27. The highest BCUT2D eigenvalue weighted by molar-refractivity contribution is 5.30. The number of piperidine rings is 1. The zero-order chi connectivity index (χ0) is 11.6. The Kier molecular flexibility index (Phi) is 3.14. The zero-order valence-corrected chi connectivity index (χ0v) is 8.72. The van der Waals surface area contributed by atoms with Gasteiger partial charge < -0.3 is 5.32 Å². The van der Waals surface area contributed by atoms with E-state index in [0.717, 1.165) is 32.0 Å². The van der Waals surface area contributed by atoms with E-state index in [-0.39, 0.29) is 5.92 Å². The molecule has 0 unspecified atom stereocenters. The number of nitrogens with zero attached hydrogens (tertiary/aromatic N) is 1. The lowest BCUT2D eigenvalue weighted by Crippen LogP contribution is -2.27. The summed E-state index contributed by atoms with van der Waals surface area (Å²) < 4.78 is 38.3. The van der Waals surface area contributed by atoms with Crippen LogP contribution in [-0.4, -0.2) is 18.1 Å². The average molecular weight is 230 g/mol. The number of rotatable bonds is 1. The summed E-state index contributed by atoms with van der Waals surface area (Å²) in [5, 5.41) is 3.14. The van der Waals surface area contributed by atoms with Crippen LogP contribution in [0.25, 0.3) is 0 Å². The molecule has 1 aliphatic heterocycles. The van der Waals surface area contributed by atoms with Crippen LogP contribution in [0.5, 0.6) is 0 Å².